The van der Waals surface area contributed by atoms with Crippen molar-refractivity contribution in [2.45, 2.75) is 19.5 Å². The number of aryl methyl sites for hydroxylation is 1. The van der Waals surface area contributed by atoms with Crippen molar-refractivity contribution in [2.75, 3.05) is 6.61 Å². The quantitative estimate of drug-likeness (QED) is 0.207. The van der Waals surface area contributed by atoms with E-state index in [4.69, 9.17) is 22.8 Å². The summed E-state index contributed by atoms with van der Waals surface area (Å²) < 4.78 is 41.2. The van der Waals surface area contributed by atoms with E-state index in [1.54, 1.807) is 6.92 Å². The molecule has 1 atom stereocenters. The minimum atomic E-state index is -2.48. The molecule has 0 aliphatic carbocycles. The number of nitrogens with two attached hydrogens (primary N) is 1. The van der Waals surface area contributed by atoms with Crippen LogP contribution < -0.4 is 15.8 Å². The van der Waals surface area contributed by atoms with E-state index in [2.05, 4.69) is 10.5 Å². The molecule has 1 heterocycles. The summed E-state index contributed by atoms with van der Waals surface area (Å²) in [4.78, 5) is 12.8. The van der Waals surface area contributed by atoms with Crippen molar-refractivity contribution in [3.63, 3.8) is 0 Å². The maximum Gasteiger partial charge on any atom is 0.256 e. The summed E-state index contributed by atoms with van der Waals surface area (Å²) in [5, 5.41) is 23.6. The number of carbonyl (C=O) groups excluding carboxylic acids is 1. The van der Waals surface area contributed by atoms with Crippen LogP contribution in [0.25, 0.3) is 11.0 Å². The van der Waals surface area contributed by atoms with Gasteiger partial charge in [-0.1, -0.05) is 23.4 Å². The van der Waals surface area contributed by atoms with Crippen molar-refractivity contribution >= 4 is 22.7 Å². The Bertz CT molecular complexity index is 1150. The van der Waals surface area contributed by atoms with Gasteiger partial charge in [-0.15, -0.1) is 0 Å². The average molecular weight is 403 g/mol. The Morgan fingerprint density at radius 2 is 2.17 bits per heavy atom. The number of aliphatic hydroxyl groups excluding tert-OH is 1. The molecule has 0 fully saturated rings. The second kappa shape index (κ2) is 8.61. The number of halogens is 1. The van der Waals surface area contributed by atoms with Gasteiger partial charge in [0.1, 0.15) is 35.5 Å². The summed E-state index contributed by atoms with van der Waals surface area (Å²) in [5.74, 6) is -1.53. The highest BCUT2D eigenvalue weighted by molar-refractivity contribution is 6.08. The summed E-state index contributed by atoms with van der Waals surface area (Å²) in [5.41, 5.74) is 5.59. The van der Waals surface area contributed by atoms with E-state index in [1.807, 2.05) is 0 Å². The zero-order valence-corrected chi connectivity index (χ0v) is 15.3. The van der Waals surface area contributed by atoms with E-state index in [0.29, 0.717) is 11.0 Å². The zero-order chi connectivity index (χ0) is 22.8. The molecule has 0 saturated carbocycles. The van der Waals surface area contributed by atoms with Crippen LogP contribution in [0, 0.1) is 12.7 Å². The van der Waals surface area contributed by atoms with Gasteiger partial charge in [-0.3, -0.25) is 4.79 Å². The molecule has 9 heteroatoms. The second-order valence-corrected chi connectivity index (χ2v) is 6.11. The maximum absolute atomic E-state index is 14.0. The molecule has 0 bridgehead atoms. The van der Waals surface area contributed by atoms with Crippen LogP contribution in [0.15, 0.2) is 52.0 Å². The largest absolute Gasteiger partial charge is 0.489 e. The van der Waals surface area contributed by atoms with Crippen LogP contribution in [0.4, 0.5) is 4.39 Å². The topological polar surface area (TPSA) is 130 Å². The lowest BCUT2D eigenvalue weighted by atomic mass is 10.1. The van der Waals surface area contributed by atoms with Crippen molar-refractivity contribution in [2.24, 2.45) is 10.9 Å². The smallest absolute Gasteiger partial charge is 0.256 e. The number of ether oxygens (including phenoxy) is 1. The molecule has 2 aromatic carbocycles. The number of hydrogen-bond donors (Lipinski definition) is 4. The lowest BCUT2D eigenvalue weighted by Crippen LogP contribution is -2.47. The van der Waals surface area contributed by atoms with Crippen LogP contribution in [-0.2, 0) is 6.56 Å². The standard InChI is InChI=1S/C20H20FN3O5/c1-11-18(20(26)23-16(9-25)19(22)24-27)14-8-13(6-7-17(14)29-11)28-10-12-4-2-3-5-15(12)21/h2-8,16,25,27H,9-10H2,1H3,(H2,22,24)(H,23,26)/i10D2. The highest BCUT2D eigenvalue weighted by Gasteiger charge is 2.23. The maximum atomic E-state index is 14.0. The molecule has 0 saturated heterocycles. The monoisotopic (exact) mass is 403 g/mol. The van der Waals surface area contributed by atoms with E-state index < -0.39 is 30.9 Å². The highest BCUT2D eigenvalue weighted by atomic mass is 19.1. The van der Waals surface area contributed by atoms with Crippen LogP contribution in [-0.4, -0.2) is 34.7 Å². The number of carbonyl (C=O) groups is 1. The van der Waals surface area contributed by atoms with Gasteiger partial charge in [-0.25, -0.2) is 4.39 Å². The van der Waals surface area contributed by atoms with Gasteiger partial charge in [-0.05, 0) is 31.2 Å². The lowest BCUT2D eigenvalue weighted by Gasteiger charge is -2.14. The Kier molecular flexibility index (Phi) is 5.20. The molecule has 0 radical (unpaired) electrons. The third-order valence-electron chi connectivity index (χ3n) is 4.18. The van der Waals surface area contributed by atoms with Crippen LogP contribution in [0.3, 0.4) is 0 Å². The molecule has 3 aromatic rings. The number of hydrogen-bond acceptors (Lipinski definition) is 6. The van der Waals surface area contributed by atoms with Gasteiger partial charge in [0.25, 0.3) is 5.91 Å². The molecule has 0 aliphatic rings. The number of oxime groups is 1. The van der Waals surface area contributed by atoms with Crippen LogP contribution in [0.5, 0.6) is 5.75 Å². The van der Waals surface area contributed by atoms with E-state index in [0.717, 1.165) is 6.07 Å². The number of nitrogens with one attached hydrogen (secondary N) is 1. The summed E-state index contributed by atoms with van der Waals surface area (Å²) in [7, 11) is 0. The molecule has 5 N–H and O–H groups in total. The molecular weight excluding hydrogens is 381 g/mol. The van der Waals surface area contributed by atoms with Crippen molar-refractivity contribution in [3.05, 3.63) is 65.2 Å². The van der Waals surface area contributed by atoms with Gasteiger partial charge in [0, 0.05) is 10.9 Å². The van der Waals surface area contributed by atoms with Gasteiger partial charge in [0.15, 0.2) is 5.84 Å². The van der Waals surface area contributed by atoms with Crippen LogP contribution in [0.2, 0.25) is 0 Å². The Morgan fingerprint density at radius 3 is 2.86 bits per heavy atom. The Balaban J connectivity index is 1.95. The highest BCUT2D eigenvalue weighted by Crippen LogP contribution is 2.29. The Hall–Kier alpha value is -3.59. The van der Waals surface area contributed by atoms with Crippen molar-refractivity contribution in [1.29, 1.82) is 0 Å². The predicted octanol–water partition coefficient (Wildman–Crippen LogP) is 2.30. The van der Waals surface area contributed by atoms with Gasteiger partial charge in [0.05, 0.1) is 14.9 Å². The summed E-state index contributed by atoms with van der Waals surface area (Å²) >= 11 is 0. The molecule has 29 heavy (non-hydrogen) atoms. The minimum absolute atomic E-state index is 0.0331. The number of furan rings is 1. The fraction of sp³-hybridized carbons (Fsp3) is 0.200. The first-order chi connectivity index (χ1) is 14.7. The number of fused-ring (bicyclic) bond motifs is 1. The second-order valence-electron chi connectivity index (χ2n) is 6.11. The SMILES string of the molecule is [2H]C([2H])(Oc1ccc2oc(C)c(C(=O)NC(CO)/C(N)=N/O)c2c1)c1ccccc1F. The van der Waals surface area contributed by atoms with Crippen molar-refractivity contribution < 1.29 is 31.4 Å². The van der Waals surface area contributed by atoms with Gasteiger partial charge in [0.2, 0.25) is 0 Å². The molecule has 0 aliphatic heterocycles. The molecule has 1 aromatic heterocycles. The first-order valence-electron chi connectivity index (χ1n) is 9.54. The predicted molar refractivity (Wildman–Crippen MR) is 103 cm³/mol. The molecule has 8 nitrogen and oxygen atoms in total. The van der Waals surface area contributed by atoms with E-state index >= 15 is 0 Å². The molecule has 0 spiro atoms. The third-order valence-corrected chi connectivity index (χ3v) is 4.18. The van der Waals surface area contributed by atoms with Crippen LogP contribution >= 0.6 is 0 Å². The lowest BCUT2D eigenvalue weighted by molar-refractivity contribution is 0.0932. The first kappa shape index (κ1) is 17.5. The number of amides is 1. The number of nitrogens with zero attached hydrogens (tertiary/aromatic N) is 1. The first-order valence-corrected chi connectivity index (χ1v) is 8.54. The fourth-order valence-corrected chi connectivity index (χ4v) is 2.72. The van der Waals surface area contributed by atoms with Gasteiger partial charge < -0.3 is 30.5 Å². The number of benzene rings is 2. The molecule has 1 amide bonds. The Labute approximate surface area is 168 Å². The van der Waals surface area contributed by atoms with Crippen molar-refractivity contribution in [1.82, 2.24) is 5.32 Å². The van der Waals surface area contributed by atoms with E-state index in [-0.39, 0.29) is 28.5 Å². The average Bonchev–Trinajstić information content (AvgIpc) is 3.06. The fourth-order valence-electron chi connectivity index (χ4n) is 2.72. The molecule has 152 valence electrons. The summed E-state index contributed by atoms with van der Waals surface area (Å²) in [6.45, 7) is -1.53. The number of rotatable bonds is 7. The Morgan fingerprint density at radius 1 is 1.41 bits per heavy atom. The number of amidine groups is 1. The van der Waals surface area contributed by atoms with Crippen LogP contribution in [0.1, 0.15) is 24.4 Å². The third kappa shape index (κ3) is 4.30. The van der Waals surface area contributed by atoms with E-state index in [1.165, 1.54) is 36.4 Å². The molecule has 3 rings (SSSR count). The summed E-state index contributed by atoms with van der Waals surface area (Å²) in [6, 6.07) is 8.50. The molecule has 1 unspecified atom stereocenters. The zero-order valence-electron chi connectivity index (χ0n) is 17.3. The summed E-state index contributed by atoms with van der Waals surface area (Å²) in [6.07, 6.45) is 0. The van der Waals surface area contributed by atoms with Gasteiger partial charge >= 0.3 is 0 Å². The minimum Gasteiger partial charge on any atom is -0.489 e. The molecular formula is C20H20FN3O5. The van der Waals surface area contributed by atoms with Crippen molar-refractivity contribution in [3.8, 4) is 5.75 Å². The normalized spacial score (nSPS) is 14.2. The van der Waals surface area contributed by atoms with Gasteiger partial charge in [-0.2, -0.15) is 0 Å². The van der Waals surface area contributed by atoms with E-state index in [9.17, 15) is 14.3 Å². The number of aliphatic hydroxyl groups is 1.